The minimum absolute atomic E-state index is 0.188. The van der Waals surface area contributed by atoms with E-state index < -0.39 is 6.04 Å². The summed E-state index contributed by atoms with van der Waals surface area (Å²) >= 11 is 0. The molecule has 0 spiro atoms. The average molecular weight is 521 g/mol. The summed E-state index contributed by atoms with van der Waals surface area (Å²) in [6, 6.07) is 14.5. The summed E-state index contributed by atoms with van der Waals surface area (Å²) in [6.07, 6.45) is 4.96. The van der Waals surface area contributed by atoms with E-state index in [0.717, 1.165) is 11.1 Å². The Kier molecular flexibility index (Phi) is 5.83. The van der Waals surface area contributed by atoms with E-state index in [9.17, 15) is 4.79 Å². The van der Waals surface area contributed by atoms with Crippen LogP contribution in [0.5, 0.6) is 0 Å². The quantitative estimate of drug-likeness (QED) is 0.332. The molecule has 0 saturated heterocycles. The van der Waals surface area contributed by atoms with Crippen LogP contribution in [0.3, 0.4) is 0 Å². The second kappa shape index (κ2) is 9.49. The van der Waals surface area contributed by atoms with Gasteiger partial charge in [0.15, 0.2) is 0 Å². The van der Waals surface area contributed by atoms with Crippen LogP contribution in [0.2, 0.25) is 0 Å². The maximum absolute atomic E-state index is 14.2. The normalized spacial score (nSPS) is 12.1. The number of para-hydroxylation sites is 1. The fraction of sp³-hybridized carbons (Fsp3) is 0.148. The zero-order valence-corrected chi connectivity index (χ0v) is 21.4. The molecule has 4 aromatic heterocycles. The summed E-state index contributed by atoms with van der Waals surface area (Å²) < 4.78 is 8.46. The van der Waals surface area contributed by atoms with Crippen LogP contribution >= 0.6 is 0 Å². The number of aromatic nitrogens is 8. The average Bonchev–Trinajstić information content (AvgIpc) is 3.56. The van der Waals surface area contributed by atoms with Crippen LogP contribution in [0.1, 0.15) is 24.7 Å². The summed E-state index contributed by atoms with van der Waals surface area (Å²) in [5.74, 6) is 1.69. The van der Waals surface area contributed by atoms with Gasteiger partial charge in [0.25, 0.3) is 5.56 Å². The van der Waals surface area contributed by atoms with Gasteiger partial charge in [0, 0.05) is 25.7 Å². The molecule has 0 unspecified atom stereocenters. The van der Waals surface area contributed by atoms with Gasteiger partial charge < -0.3 is 15.6 Å². The van der Waals surface area contributed by atoms with Crippen molar-refractivity contribution in [2.75, 3.05) is 11.1 Å². The van der Waals surface area contributed by atoms with Crippen molar-refractivity contribution in [3.63, 3.8) is 0 Å². The molecule has 0 bridgehead atoms. The van der Waals surface area contributed by atoms with Gasteiger partial charge in [0.05, 0.1) is 28.8 Å². The zero-order valence-electron chi connectivity index (χ0n) is 21.4. The molecule has 1 atom stereocenters. The van der Waals surface area contributed by atoms with Crippen LogP contribution in [0, 0.1) is 6.92 Å². The molecule has 0 aliphatic carbocycles. The van der Waals surface area contributed by atoms with E-state index in [1.165, 1.54) is 6.33 Å². The molecule has 4 heterocycles. The molecule has 0 amide bonds. The minimum atomic E-state index is -0.495. The van der Waals surface area contributed by atoms with E-state index in [-0.39, 0.29) is 17.2 Å². The Balaban J connectivity index is 1.54. The third-order valence-electron chi connectivity index (χ3n) is 6.32. The van der Waals surface area contributed by atoms with Gasteiger partial charge >= 0.3 is 0 Å². The monoisotopic (exact) mass is 520 g/mol. The molecule has 0 aliphatic rings. The Hall–Kier alpha value is -5.39. The maximum atomic E-state index is 14.2. The lowest BCUT2D eigenvalue weighted by atomic mass is 10.0. The van der Waals surface area contributed by atoms with Gasteiger partial charge in [-0.05, 0) is 30.7 Å². The van der Waals surface area contributed by atoms with E-state index in [2.05, 4.69) is 30.5 Å². The number of nitrogens with zero attached hydrogens (tertiary/aromatic N) is 8. The van der Waals surface area contributed by atoms with Crippen molar-refractivity contribution in [2.45, 2.75) is 19.9 Å². The van der Waals surface area contributed by atoms with Crippen molar-refractivity contribution >= 4 is 22.5 Å². The summed E-state index contributed by atoms with van der Waals surface area (Å²) in [4.78, 5) is 32.0. The topological polar surface area (TPSA) is 155 Å². The molecule has 39 heavy (non-hydrogen) atoms. The van der Waals surface area contributed by atoms with Crippen LogP contribution in [0.25, 0.3) is 39.1 Å². The molecule has 0 radical (unpaired) electrons. The van der Waals surface area contributed by atoms with Gasteiger partial charge in [0.2, 0.25) is 11.7 Å². The van der Waals surface area contributed by atoms with Gasteiger partial charge in [-0.1, -0.05) is 35.5 Å². The number of nitrogen functional groups attached to an aromatic ring is 1. The van der Waals surface area contributed by atoms with Crippen LogP contribution in [-0.2, 0) is 7.05 Å². The lowest BCUT2D eigenvalue weighted by molar-refractivity contribution is 0.394. The molecular formula is C27H24N10O2. The number of aryl methyl sites for hydroxylation is 2. The highest BCUT2D eigenvalue weighted by Crippen LogP contribution is 2.32. The molecule has 2 aromatic carbocycles. The van der Waals surface area contributed by atoms with Crippen LogP contribution < -0.4 is 16.6 Å². The van der Waals surface area contributed by atoms with Crippen molar-refractivity contribution in [3.8, 4) is 28.2 Å². The van der Waals surface area contributed by atoms with E-state index in [4.69, 9.17) is 15.2 Å². The standard InChI is InChI=1S/C27H24N10O2/c1-15(32-24-22(23(28)29-14-30-24)25-33-16(2)39-35-25)26-34-20-11-7-10-19(17-12-31-36(3)13-17)21(20)27(38)37(26)18-8-5-4-6-9-18/h4-15H,1-3H3,(H3,28,29,30,32)/t15-/m0/s1. The van der Waals surface area contributed by atoms with E-state index >= 15 is 0 Å². The molecule has 6 aromatic rings. The Labute approximate surface area is 222 Å². The Morgan fingerprint density at radius 3 is 2.59 bits per heavy atom. The number of anilines is 2. The highest BCUT2D eigenvalue weighted by atomic mass is 16.5. The molecule has 0 saturated carbocycles. The van der Waals surface area contributed by atoms with Crippen molar-refractivity contribution < 1.29 is 4.52 Å². The number of hydrogen-bond donors (Lipinski definition) is 2. The number of benzene rings is 2. The van der Waals surface area contributed by atoms with Crippen molar-refractivity contribution in [1.82, 2.24) is 39.4 Å². The van der Waals surface area contributed by atoms with Gasteiger partial charge in [-0.15, -0.1) is 0 Å². The SMILES string of the molecule is Cc1nc(-c2c(N)ncnc2N[C@@H](C)c2nc3cccc(-c4cnn(C)c4)c3c(=O)n2-c2ccccc2)no1. The molecule has 6 rings (SSSR count). The number of nitrogens with one attached hydrogen (secondary N) is 1. The van der Waals surface area contributed by atoms with E-state index in [1.54, 1.807) is 22.4 Å². The van der Waals surface area contributed by atoms with E-state index in [0.29, 0.717) is 39.7 Å². The van der Waals surface area contributed by atoms with Crippen LogP contribution in [0.15, 0.2) is 76.6 Å². The van der Waals surface area contributed by atoms with Gasteiger partial charge in [-0.2, -0.15) is 10.1 Å². The molecule has 3 N–H and O–H groups in total. The summed E-state index contributed by atoms with van der Waals surface area (Å²) in [7, 11) is 1.84. The van der Waals surface area contributed by atoms with Crippen molar-refractivity contribution in [1.29, 1.82) is 0 Å². The van der Waals surface area contributed by atoms with E-state index in [1.807, 2.05) is 68.7 Å². The molecule has 0 fully saturated rings. The first-order valence-corrected chi connectivity index (χ1v) is 12.2. The van der Waals surface area contributed by atoms with Crippen molar-refractivity contribution in [2.24, 2.45) is 7.05 Å². The largest absolute Gasteiger partial charge is 0.383 e. The fourth-order valence-electron chi connectivity index (χ4n) is 4.56. The Morgan fingerprint density at radius 1 is 1.05 bits per heavy atom. The van der Waals surface area contributed by atoms with Crippen LogP contribution in [-0.4, -0.2) is 39.4 Å². The number of nitrogens with two attached hydrogens (primary N) is 1. The lowest BCUT2D eigenvalue weighted by Crippen LogP contribution is -2.28. The summed E-state index contributed by atoms with van der Waals surface area (Å²) in [5.41, 5.74) is 9.20. The predicted octanol–water partition coefficient (Wildman–Crippen LogP) is 3.69. The summed E-state index contributed by atoms with van der Waals surface area (Å²) in [6.45, 7) is 3.57. The molecule has 12 nitrogen and oxygen atoms in total. The zero-order chi connectivity index (χ0) is 27.1. The number of fused-ring (bicyclic) bond motifs is 1. The number of rotatable bonds is 6. The smallest absolute Gasteiger partial charge is 0.266 e. The highest BCUT2D eigenvalue weighted by molar-refractivity contribution is 5.94. The van der Waals surface area contributed by atoms with Gasteiger partial charge in [-0.25, -0.2) is 15.0 Å². The highest BCUT2D eigenvalue weighted by Gasteiger charge is 2.23. The number of hydrogen-bond acceptors (Lipinski definition) is 10. The lowest BCUT2D eigenvalue weighted by Gasteiger charge is -2.21. The molecule has 12 heteroatoms. The molecule has 194 valence electrons. The fourth-order valence-corrected chi connectivity index (χ4v) is 4.56. The maximum Gasteiger partial charge on any atom is 0.266 e. The predicted molar refractivity (Wildman–Crippen MR) is 146 cm³/mol. The second-order valence-electron chi connectivity index (χ2n) is 9.03. The minimum Gasteiger partial charge on any atom is -0.383 e. The Morgan fingerprint density at radius 2 is 1.87 bits per heavy atom. The van der Waals surface area contributed by atoms with Gasteiger partial charge in [0.1, 0.15) is 29.4 Å². The third kappa shape index (κ3) is 4.27. The third-order valence-corrected chi connectivity index (χ3v) is 6.32. The first-order valence-electron chi connectivity index (χ1n) is 12.2. The van der Waals surface area contributed by atoms with Crippen LogP contribution in [0.4, 0.5) is 11.6 Å². The first-order chi connectivity index (χ1) is 18.9. The second-order valence-corrected chi connectivity index (χ2v) is 9.03. The first kappa shape index (κ1) is 24.0. The summed E-state index contributed by atoms with van der Waals surface area (Å²) in [5, 5.41) is 12.1. The molecule has 0 aliphatic heterocycles. The Bertz CT molecular complexity index is 1870. The molecular weight excluding hydrogens is 496 g/mol. The van der Waals surface area contributed by atoms with Gasteiger partial charge in [-0.3, -0.25) is 14.0 Å². The van der Waals surface area contributed by atoms with Crippen molar-refractivity contribution in [3.05, 3.63) is 89.3 Å².